The van der Waals surface area contributed by atoms with Gasteiger partial charge in [-0.1, -0.05) is 36.8 Å². The van der Waals surface area contributed by atoms with E-state index < -0.39 is 0 Å². The molecule has 4 nitrogen and oxygen atoms in total. The van der Waals surface area contributed by atoms with Crippen LogP contribution in [-0.4, -0.2) is 30.5 Å². The van der Waals surface area contributed by atoms with Crippen molar-refractivity contribution in [3.63, 3.8) is 0 Å². The van der Waals surface area contributed by atoms with Gasteiger partial charge in [0.25, 0.3) is 5.91 Å². The van der Waals surface area contributed by atoms with E-state index in [-0.39, 0.29) is 12.5 Å². The van der Waals surface area contributed by atoms with Gasteiger partial charge in [0.1, 0.15) is 5.75 Å². The molecule has 132 valence electrons. The number of carbonyl (C=O) groups excluding carboxylic acids is 1. The summed E-state index contributed by atoms with van der Waals surface area (Å²) in [5.74, 6) is 0.599. The number of anilines is 1. The highest BCUT2D eigenvalue weighted by Crippen LogP contribution is 2.17. The molecule has 1 N–H and O–H groups in total. The van der Waals surface area contributed by atoms with Crippen LogP contribution in [0.4, 0.5) is 5.69 Å². The summed E-state index contributed by atoms with van der Waals surface area (Å²) in [4.78, 5) is 14.5. The molecule has 3 rings (SSSR count). The summed E-state index contributed by atoms with van der Waals surface area (Å²) >= 11 is 0. The fraction of sp³-hybridized carbons (Fsp3) is 0.381. The molecule has 1 saturated heterocycles. The van der Waals surface area contributed by atoms with E-state index in [9.17, 15) is 4.79 Å². The highest BCUT2D eigenvalue weighted by Gasteiger charge is 2.10. The minimum absolute atomic E-state index is 0.0143. The predicted molar refractivity (Wildman–Crippen MR) is 101 cm³/mol. The largest absolute Gasteiger partial charge is 0.483 e. The van der Waals surface area contributed by atoms with Crippen molar-refractivity contribution in [2.24, 2.45) is 0 Å². The topological polar surface area (TPSA) is 41.6 Å². The van der Waals surface area contributed by atoms with E-state index in [0.717, 1.165) is 23.5 Å². The first kappa shape index (κ1) is 17.5. The number of benzene rings is 2. The van der Waals surface area contributed by atoms with Gasteiger partial charge >= 0.3 is 0 Å². The van der Waals surface area contributed by atoms with Crippen LogP contribution in [0, 0.1) is 6.92 Å². The highest BCUT2D eigenvalue weighted by atomic mass is 16.5. The highest BCUT2D eigenvalue weighted by molar-refractivity contribution is 5.91. The van der Waals surface area contributed by atoms with E-state index in [1.54, 1.807) is 0 Å². The summed E-state index contributed by atoms with van der Waals surface area (Å²) in [5.41, 5.74) is 3.12. The molecule has 2 aromatic carbocycles. The lowest BCUT2D eigenvalue weighted by Gasteiger charge is -2.26. The van der Waals surface area contributed by atoms with Crippen LogP contribution in [0.15, 0.2) is 48.5 Å². The van der Waals surface area contributed by atoms with Gasteiger partial charge in [0.15, 0.2) is 6.61 Å². The van der Waals surface area contributed by atoms with Crippen LogP contribution in [-0.2, 0) is 11.3 Å². The van der Waals surface area contributed by atoms with Crippen molar-refractivity contribution in [2.75, 3.05) is 25.0 Å². The number of carbonyl (C=O) groups is 1. The molecule has 0 spiro atoms. The summed E-state index contributed by atoms with van der Waals surface area (Å²) < 4.78 is 5.58. The fourth-order valence-corrected chi connectivity index (χ4v) is 3.13. The number of piperidine rings is 1. The molecule has 0 bridgehead atoms. The maximum Gasteiger partial charge on any atom is 0.262 e. The van der Waals surface area contributed by atoms with Crippen molar-refractivity contribution in [3.8, 4) is 5.75 Å². The Morgan fingerprint density at radius 3 is 2.48 bits per heavy atom. The minimum Gasteiger partial charge on any atom is -0.483 e. The first-order valence-corrected chi connectivity index (χ1v) is 9.00. The number of hydrogen-bond donors (Lipinski definition) is 1. The van der Waals surface area contributed by atoms with Crippen LogP contribution in [0.5, 0.6) is 5.75 Å². The molecule has 0 aromatic heterocycles. The number of aryl methyl sites for hydroxylation is 1. The van der Waals surface area contributed by atoms with Gasteiger partial charge in [-0.3, -0.25) is 9.69 Å². The number of para-hydroxylation sites is 1. The zero-order valence-electron chi connectivity index (χ0n) is 14.8. The quantitative estimate of drug-likeness (QED) is 0.865. The summed E-state index contributed by atoms with van der Waals surface area (Å²) in [6, 6.07) is 15.8. The lowest BCUT2D eigenvalue weighted by Crippen LogP contribution is -2.29. The molecular formula is C21H26N2O2. The molecule has 1 aliphatic rings. The standard InChI is InChI=1S/C21H26N2O2/c1-17-7-3-4-8-20(17)25-16-21(24)22-19-11-9-18(10-12-19)15-23-13-5-2-6-14-23/h3-4,7-12H,2,5-6,13-16H2,1H3,(H,22,24). The smallest absolute Gasteiger partial charge is 0.262 e. The maximum absolute atomic E-state index is 12.1. The van der Waals surface area contributed by atoms with Crippen molar-refractivity contribution in [2.45, 2.75) is 32.7 Å². The van der Waals surface area contributed by atoms with Gasteiger partial charge in [-0.2, -0.15) is 0 Å². The Morgan fingerprint density at radius 2 is 1.76 bits per heavy atom. The third-order valence-electron chi connectivity index (χ3n) is 4.54. The third kappa shape index (κ3) is 5.33. The van der Waals surface area contributed by atoms with E-state index >= 15 is 0 Å². The molecule has 1 fully saturated rings. The van der Waals surface area contributed by atoms with Crippen molar-refractivity contribution in [3.05, 3.63) is 59.7 Å². The van der Waals surface area contributed by atoms with Crippen molar-refractivity contribution in [1.82, 2.24) is 4.90 Å². The number of rotatable bonds is 6. The second-order valence-electron chi connectivity index (χ2n) is 6.64. The second kappa shape index (κ2) is 8.67. The van der Waals surface area contributed by atoms with E-state index in [0.29, 0.717) is 0 Å². The fourth-order valence-electron chi connectivity index (χ4n) is 3.13. The molecule has 1 amide bonds. The molecule has 0 radical (unpaired) electrons. The summed E-state index contributed by atoms with van der Waals surface area (Å²) in [5, 5.41) is 2.88. The van der Waals surface area contributed by atoms with Crippen molar-refractivity contribution in [1.29, 1.82) is 0 Å². The summed E-state index contributed by atoms with van der Waals surface area (Å²) in [6.45, 7) is 5.35. The van der Waals surface area contributed by atoms with Crippen molar-refractivity contribution < 1.29 is 9.53 Å². The Hall–Kier alpha value is -2.33. The maximum atomic E-state index is 12.1. The Kier molecular flexibility index (Phi) is 6.07. The van der Waals surface area contributed by atoms with Crippen LogP contribution in [0.3, 0.4) is 0 Å². The molecule has 2 aromatic rings. The van der Waals surface area contributed by atoms with Crippen LogP contribution in [0.2, 0.25) is 0 Å². The molecule has 0 aliphatic carbocycles. The van der Waals surface area contributed by atoms with E-state index in [1.807, 2.05) is 43.3 Å². The Bertz CT molecular complexity index is 691. The first-order valence-electron chi connectivity index (χ1n) is 9.00. The van der Waals surface area contributed by atoms with E-state index in [4.69, 9.17) is 4.74 Å². The Balaban J connectivity index is 1.47. The number of amides is 1. The number of hydrogen-bond acceptors (Lipinski definition) is 3. The summed E-state index contributed by atoms with van der Waals surface area (Å²) in [6.07, 6.45) is 3.95. The molecule has 0 unspecified atom stereocenters. The van der Waals surface area contributed by atoms with E-state index in [1.165, 1.54) is 37.9 Å². The van der Waals surface area contributed by atoms with Gasteiger partial charge in [-0.25, -0.2) is 0 Å². The van der Waals surface area contributed by atoms with Gasteiger partial charge in [-0.05, 0) is 62.2 Å². The Morgan fingerprint density at radius 1 is 1.04 bits per heavy atom. The Labute approximate surface area is 149 Å². The molecule has 1 aliphatic heterocycles. The lowest BCUT2D eigenvalue weighted by atomic mass is 10.1. The average Bonchev–Trinajstić information content (AvgIpc) is 2.64. The van der Waals surface area contributed by atoms with Gasteiger partial charge in [-0.15, -0.1) is 0 Å². The van der Waals surface area contributed by atoms with Crippen LogP contribution >= 0.6 is 0 Å². The average molecular weight is 338 g/mol. The third-order valence-corrected chi connectivity index (χ3v) is 4.54. The number of nitrogens with zero attached hydrogens (tertiary/aromatic N) is 1. The van der Waals surface area contributed by atoms with Crippen molar-refractivity contribution >= 4 is 11.6 Å². The normalized spacial score (nSPS) is 14.9. The zero-order valence-corrected chi connectivity index (χ0v) is 14.8. The van der Waals surface area contributed by atoms with Gasteiger partial charge in [0.05, 0.1) is 0 Å². The molecular weight excluding hydrogens is 312 g/mol. The number of nitrogens with one attached hydrogen (secondary N) is 1. The monoisotopic (exact) mass is 338 g/mol. The molecule has 1 heterocycles. The van der Waals surface area contributed by atoms with Gasteiger partial charge in [0.2, 0.25) is 0 Å². The van der Waals surface area contributed by atoms with Gasteiger partial charge < -0.3 is 10.1 Å². The first-order chi connectivity index (χ1) is 12.2. The second-order valence-corrected chi connectivity index (χ2v) is 6.64. The zero-order chi connectivity index (χ0) is 17.5. The predicted octanol–water partition coefficient (Wildman–Crippen LogP) is 4.00. The number of ether oxygens (including phenoxy) is 1. The molecule has 0 atom stereocenters. The van der Waals surface area contributed by atoms with Gasteiger partial charge in [0, 0.05) is 12.2 Å². The number of likely N-dealkylation sites (tertiary alicyclic amines) is 1. The van der Waals surface area contributed by atoms with Crippen LogP contribution in [0.25, 0.3) is 0 Å². The van der Waals surface area contributed by atoms with Crippen LogP contribution < -0.4 is 10.1 Å². The summed E-state index contributed by atoms with van der Waals surface area (Å²) in [7, 11) is 0. The molecule has 4 heteroatoms. The minimum atomic E-state index is -0.146. The molecule has 0 saturated carbocycles. The lowest BCUT2D eigenvalue weighted by molar-refractivity contribution is -0.118. The SMILES string of the molecule is Cc1ccccc1OCC(=O)Nc1ccc(CN2CCCCC2)cc1. The van der Waals surface area contributed by atoms with E-state index in [2.05, 4.69) is 22.3 Å². The van der Waals surface area contributed by atoms with Crippen LogP contribution in [0.1, 0.15) is 30.4 Å². The molecule has 25 heavy (non-hydrogen) atoms.